The molecule has 2 aromatic rings. The second kappa shape index (κ2) is 23.2. The number of fused-ring (bicyclic) bond motifs is 4. The first kappa shape index (κ1) is 56.4. The maximum atomic E-state index is 15.0. The number of thioether (sulfide) groups is 2. The molecule has 0 saturated carbocycles. The van der Waals surface area contributed by atoms with Crippen molar-refractivity contribution in [3.8, 4) is 0 Å². The Hall–Kier alpha value is -4.34. The highest BCUT2D eigenvalue weighted by Crippen LogP contribution is 2.49. The Morgan fingerprint density at radius 2 is 0.947 bits per heavy atom. The number of benzene rings is 2. The fourth-order valence-electron chi connectivity index (χ4n) is 13.0. The zero-order chi connectivity index (χ0) is 54.4. The first-order valence-electron chi connectivity index (χ1n) is 27.4. The number of nitrogens with zero attached hydrogens (tertiary/aromatic N) is 4. The summed E-state index contributed by atoms with van der Waals surface area (Å²) < 4.78 is 0. The lowest BCUT2D eigenvalue weighted by Gasteiger charge is -2.43. The molecule has 12 atom stereocenters. The van der Waals surface area contributed by atoms with Gasteiger partial charge in [0.1, 0.15) is 24.2 Å². The Labute approximate surface area is 468 Å². The van der Waals surface area contributed by atoms with E-state index in [9.17, 15) is 19.2 Å². The number of hydrogen-bond acceptors (Lipinski definition) is 12. The largest absolute Gasteiger partial charge is 0.367 e. The van der Waals surface area contributed by atoms with Gasteiger partial charge >= 0.3 is 0 Å². The van der Waals surface area contributed by atoms with Gasteiger partial charge in [-0.1, -0.05) is 101 Å². The van der Waals surface area contributed by atoms with Crippen molar-refractivity contribution in [3.63, 3.8) is 0 Å². The third kappa shape index (κ3) is 11.1. The van der Waals surface area contributed by atoms with Gasteiger partial charge < -0.3 is 51.5 Å². The topological polar surface area (TPSA) is 188 Å². The number of thiocarbonyl (C=S) groups is 2. The van der Waals surface area contributed by atoms with Crippen molar-refractivity contribution in [2.75, 3.05) is 51.8 Å². The Morgan fingerprint density at radius 1 is 0.579 bits per heavy atom. The molecule has 20 heteroatoms. The molecule has 412 valence electrons. The van der Waals surface area contributed by atoms with Crippen LogP contribution in [0.3, 0.4) is 0 Å². The summed E-state index contributed by atoms with van der Waals surface area (Å²) in [5.74, 6) is -0.583. The summed E-state index contributed by atoms with van der Waals surface area (Å²) in [6, 6.07) is 11.8. The highest BCUT2D eigenvalue weighted by atomic mass is 32.2. The number of rotatable bonds is 12. The smallest absolute Gasteiger partial charge is 0.246 e. The molecule has 7 aliphatic rings. The van der Waals surface area contributed by atoms with E-state index in [2.05, 4.69) is 71.7 Å². The van der Waals surface area contributed by atoms with Crippen molar-refractivity contribution >= 4 is 93.4 Å². The van der Waals surface area contributed by atoms with E-state index in [1.165, 1.54) is 0 Å². The van der Waals surface area contributed by atoms with Crippen LogP contribution in [0.2, 0.25) is 0 Å². The predicted molar refractivity (Wildman–Crippen MR) is 307 cm³/mol. The van der Waals surface area contributed by atoms with Crippen molar-refractivity contribution in [1.29, 1.82) is 0 Å². The van der Waals surface area contributed by atoms with Crippen molar-refractivity contribution in [3.05, 3.63) is 70.8 Å². The van der Waals surface area contributed by atoms with Gasteiger partial charge in [-0.15, -0.1) is 23.5 Å². The fourth-order valence-corrected chi connectivity index (χ4v) is 16.7. The van der Waals surface area contributed by atoms with Crippen molar-refractivity contribution in [2.45, 2.75) is 152 Å². The summed E-state index contributed by atoms with van der Waals surface area (Å²) in [5, 5.41) is 19.3. The summed E-state index contributed by atoms with van der Waals surface area (Å²) in [6.07, 6.45) is 4.91. The second-order valence-corrected chi connectivity index (χ2v) is 26.8. The lowest BCUT2D eigenvalue weighted by molar-refractivity contribution is -0.147. The summed E-state index contributed by atoms with van der Waals surface area (Å²) in [6.45, 7) is 13.4. The van der Waals surface area contributed by atoms with Crippen LogP contribution in [0.25, 0.3) is 0 Å². The van der Waals surface area contributed by atoms with Crippen LogP contribution in [0.5, 0.6) is 0 Å². The summed E-state index contributed by atoms with van der Waals surface area (Å²) in [7, 11) is 3.65. The predicted octanol–water partition coefficient (Wildman–Crippen LogP) is 4.46. The average Bonchev–Trinajstić information content (AvgIpc) is 3.73. The maximum Gasteiger partial charge on any atom is 0.246 e. The number of nitrogens with one attached hydrogen (secondary N) is 6. The van der Waals surface area contributed by atoms with Gasteiger partial charge in [0.05, 0.1) is 56.7 Å². The molecule has 0 unspecified atom stereocenters. The summed E-state index contributed by atoms with van der Waals surface area (Å²) >= 11 is 14.7. The van der Waals surface area contributed by atoms with Gasteiger partial charge in [-0.3, -0.25) is 28.8 Å². The normalized spacial score (nSPS) is 30.5. The highest BCUT2D eigenvalue weighted by Gasteiger charge is 2.57. The van der Waals surface area contributed by atoms with Crippen LogP contribution in [0.4, 0.5) is 0 Å². The lowest BCUT2D eigenvalue weighted by atomic mass is 9.77. The lowest BCUT2D eigenvalue weighted by Crippen LogP contribution is -2.59. The van der Waals surface area contributed by atoms with Crippen LogP contribution < -0.4 is 31.9 Å². The van der Waals surface area contributed by atoms with Crippen LogP contribution in [0.15, 0.2) is 48.5 Å². The van der Waals surface area contributed by atoms with E-state index < -0.39 is 58.9 Å². The third-order valence-electron chi connectivity index (χ3n) is 17.5. The molecule has 6 N–H and O–H groups in total. The molecule has 5 saturated heterocycles. The minimum absolute atomic E-state index is 0.0699. The molecular weight excluding hydrogens is 1040 g/mol. The van der Waals surface area contributed by atoms with E-state index in [4.69, 9.17) is 24.4 Å². The minimum Gasteiger partial charge on any atom is -0.367 e. The Kier molecular flexibility index (Phi) is 17.2. The van der Waals surface area contributed by atoms with E-state index >= 15 is 9.59 Å². The number of amides is 6. The SMILES string of the molecule is CN[C@@H](C)C(=S)N[C@H]1CCS[C@H]2CC(C)(C)[C@@H](C(=O)N[C@H]3c4ccccc4CC[C@H]3C(=O)N3CCN(C(=O)[C@@H]4CCc5ccccc5[C@@H]4NC(=O)[C@H]4N5C(=O)[C@@H](NC(=S)[C@H](C)NC)CCS[C@H]5CC4(C)C)CC3)N2C1=O. The van der Waals surface area contributed by atoms with E-state index in [1.807, 2.05) is 74.1 Å². The van der Waals surface area contributed by atoms with Crippen LogP contribution in [0.1, 0.15) is 114 Å². The van der Waals surface area contributed by atoms with Crippen molar-refractivity contribution in [1.82, 2.24) is 51.5 Å². The van der Waals surface area contributed by atoms with Gasteiger partial charge in [0, 0.05) is 26.2 Å². The molecule has 76 heavy (non-hydrogen) atoms. The number of likely N-dealkylation sites (N-methyl/N-ethyl adjacent to an activating group) is 2. The molecule has 2 aliphatic carbocycles. The minimum atomic E-state index is -0.765. The maximum absolute atomic E-state index is 15.0. The molecular formula is C56H78N10O6S4. The molecule has 6 amide bonds. The van der Waals surface area contributed by atoms with Crippen molar-refractivity contribution in [2.24, 2.45) is 22.7 Å². The molecule has 0 aromatic heterocycles. The number of hydrogen-bond donors (Lipinski definition) is 6. The second-order valence-electron chi connectivity index (χ2n) is 23.4. The van der Waals surface area contributed by atoms with Gasteiger partial charge in [0.15, 0.2) is 0 Å². The molecule has 0 radical (unpaired) electrons. The van der Waals surface area contributed by atoms with Gasteiger partial charge in [0.25, 0.3) is 0 Å². The van der Waals surface area contributed by atoms with E-state index in [0.717, 1.165) is 33.8 Å². The van der Waals surface area contributed by atoms with Gasteiger partial charge in [-0.2, -0.15) is 0 Å². The zero-order valence-corrected chi connectivity index (χ0v) is 48.6. The molecule has 5 fully saturated rings. The van der Waals surface area contributed by atoms with Crippen molar-refractivity contribution < 1.29 is 28.8 Å². The van der Waals surface area contributed by atoms with E-state index in [0.29, 0.717) is 87.5 Å². The molecule has 2 aromatic carbocycles. The average molecular weight is 1120 g/mol. The van der Waals surface area contributed by atoms with Gasteiger partial charge in [-0.05, 0) is 124 Å². The molecule has 5 heterocycles. The Morgan fingerprint density at radius 3 is 1.32 bits per heavy atom. The first-order chi connectivity index (χ1) is 36.2. The van der Waals surface area contributed by atoms with E-state index in [-0.39, 0.29) is 58.3 Å². The van der Waals surface area contributed by atoms with Crippen LogP contribution in [-0.2, 0) is 41.6 Å². The number of piperazine rings is 1. The van der Waals surface area contributed by atoms with E-state index in [1.54, 1.807) is 33.3 Å². The monoisotopic (exact) mass is 1110 g/mol. The third-order valence-corrected chi connectivity index (χ3v) is 21.0. The quantitative estimate of drug-likeness (QED) is 0.164. The van der Waals surface area contributed by atoms with Crippen LogP contribution in [0, 0.1) is 22.7 Å². The first-order valence-corrected chi connectivity index (χ1v) is 30.3. The van der Waals surface area contributed by atoms with Crippen LogP contribution in [-0.4, -0.2) is 164 Å². The standard InChI is InChI=1S/C56H78N10O6S4/c1-31(57-7)49(73)59-39-21-27-75-41-29-55(3,4)45(65(41)53(39)71)47(67)61-43-35-15-11-9-13-33(35)17-19-37(43)51(69)63-23-25-64(26-24-63)52(70)38-20-18-34-14-10-12-16-36(34)44(38)62-48(68)46-56(5,6)30-42-66(46)54(72)40(22-28-76-42)60-50(74)32(2)58-8/h9-16,31-32,37-46,57-58H,17-30H2,1-8H3,(H,59,73)(H,60,74)(H,61,67)(H,62,68)/t31-,32-,37+,38+,39-,40-,41-,42-,43-,44-,45+,46+/m0/s1. The number of carbonyl (C=O) groups excluding carboxylic acids is 6. The Bertz CT molecular complexity index is 2420. The molecule has 9 rings (SSSR count). The Balaban J connectivity index is 0.897. The van der Waals surface area contributed by atoms with Crippen LogP contribution >= 0.6 is 48.0 Å². The zero-order valence-electron chi connectivity index (χ0n) is 45.3. The summed E-state index contributed by atoms with van der Waals surface area (Å²) in [5.41, 5.74) is 2.89. The molecule has 16 nitrogen and oxygen atoms in total. The molecule has 5 aliphatic heterocycles. The fraction of sp³-hybridized carbons (Fsp3) is 0.643. The van der Waals surface area contributed by atoms with Gasteiger partial charge in [-0.25, -0.2) is 0 Å². The molecule has 0 spiro atoms. The summed E-state index contributed by atoms with van der Waals surface area (Å²) in [4.78, 5) is 97.3. The van der Waals surface area contributed by atoms with Gasteiger partial charge in [0.2, 0.25) is 35.4 Å². The highest BCUT2D eigenvalue weighted by molar-refractivity contribution is 8.00. The number of carbonyl (C=O) groups is 6. The number of aryl methyl sites for hydroxylation is 2. The molecule has 0 bridgehead atoms.